The second-order valence-electron chi connectivity index (χ2n) is 5.06. The summed E-state index contributed by atoms with van der Waals surface area (Å²) in [7, 11) is 0. The molecule has 0 aliphatic rings. The molecule has 0 aromatic heterocycles. The number of hydrogen-bond donors (Lipinski definition) is 2. The van der Waals surface area contributed by atoms with Crippen LogP contribution in [0.25, 0.3) is 0 Å². The Kier molecular flexibility index (Phi) is 22.4. The SMILES string of the molecule is CCC[CH2][Sn+]([CH2]CCC)[CH2]CCC.OCC(O)C[S-]. The van der Waals surface area contributed by atoms with E-state index in [0.29, 0.717) is 0 Å². The van der Waals surface area contributed by atoms with Gasteiger partial charge in [-0.05, 0) is 0 Å². The Labute approximate surface area is 133 Å². The molecule has 116 valence electrons. The fraction of sp³-hybridized carbons (Fsp3) is 1.00. The molecule has 0 aliphatic carbocycles. The van der Waals surface area contributed by atoms with Crippen LogP contribution in [0.15, 0.2) is 0 Å². The summed E-state index contributed by atoms with van der Waals surface area (Å²) in [6.45, 7) is 6.78. The minimum absolute atomic E-state index is 0.219. The van der Waals surface area contributed by atoms with E-state index in [1.807, 2.05) is 0 Å². The maximum absolute atomic E-state index is 8.31. The first-order valence-electron chi connectivity index (χ1n) is 7.86. The first-order chi connectivity index (χ1) is 9.15. The summed E-state index contributed by atoms with van der Waals surface area (Å²) in [5.74, 6) is 0.219. The van der Waals surface area contributed by atoms with Gasteiger partial charge in [0.2, 0.25) is 0 Å². The molecule has 0 fully saturated rings. The van der Waals surface area contributed by atoms with Gasteiger partial charge in [0.25, 0.3) is 0 Å². The number of rotatable bonds is 11. The van der Waals surface area contributed by atoms with Crippen molar-refractivity contribution in [2.45, 2.75) is 78.7 Å². The average Bonchev–Trinajstić information content (AvgIpc) is 2.46. The molecule has 0 radical (unpaired) electrons. The van der Waals surface area contributed by atoms with Gasteiger partial charge in [-0.15, -0.1) is 5.75 Å². The molecule has 0 spiro atoms. The molecule has 2 N–H and O–H groups in total. The van der Waals surface area contributed by atoms with Gasteiger partial charge in [0, 0.05) is 0 Å². The van der Waals surface area contributed by atoms with Crippen LogP contribution in [-0.4, -0.2) is 48.4 Å². The first kappa shape index (κ1) is 22.4. The van der Waals surface area contributed by atoms with Crippen molar-refractivity contribution in [2.75, 3.05) is 12.4 Å². The Bertz CT molecular complexity index is 136. The van der Waals surface area contributed by atoms with E-state index in [-0.39, 0.29) is 12.4 Å². The van der Waals surface area contributed by atoms with Crippen LogP contribution < -0.4 is 0 Å². The maximum atomic E-state index is 8.31. The van der Waals surface area contributed by atoms with E-state index >= 15 is 0 Å². The van der Waals surface area contributed by atoms with Crippen molar-refractivity contribution in [3.8, 4) is 0 Å². The number of hydrogen-bond acceptors (Lipinski definition) is 3. The van der Waals surface area contributed by atoms with Crippen molar-refractivity contribution in [1.29, 1.82) is 0 Å². The molecule has 0 heterocycles. The van der Waals surface area contributed by atoms with Crippen molar-refractivity contribution in [3.05, 3.63) is 0 Å². The van der Waals surface area contributed by atoms with E-state index in [0.717, 1.165) is 0 Å². The predicted octanol–water partition coefficient (Wildman–Crippen LogP) is 3.77. The molecule has 2 nitrogen and oxygen atoms in total. The Hall–Kier alpha value is 1.07. The molecular weight excluding hydrogens is 363 g/mol. The zero-order valence-corrected chi connectivity index (χ0v) is 16.8. The van der Waals surface area contributed by atoms with E-state index in [4.69, 9.17) is 10.2 Å². The molecule has 0 aromatic rings. The van der Waals surface area contributed by atoms with Crippen LogP contribution in [-0.2, 0) is 12.6 Å². The van der Waals surface area contributed by atoms with Gasteiger partial charge in [-0.25, -0.2) is 0 Å². The summed E-state index contributed by atoms with van der Waals surface area (Å²) in [6, 6.07) is 0. The average molecular weight is 397 g/mol. The van der Waals surface area contributed by atoms with Crippen molar-refractivity contribution in [3.63, 3.8) is 0 Å². The topological polar surface area (TPSA) is 40.5 Å². The van der Waals surface area contributed by atoms with E-state index < -0.39 is 25.9 Å². The molecule has 0 saturated heterocycles. The Morgan fingerprint density at radius 3 is 1.42 bits per heavy atom. The summed E-state index contributed by atoms with van der Waals surface area (Å²) in [6.07, 6.45) is 8.15. The van der Waals surface area contributed by atoms with Crippen LogP contribution in [0.5, 0.6) is 0 Å². The zero-order valence-electron chi connectivity index (χ0n) is 13.2. The third-order valence-electron chi connectivity index (χ3n) is 3.05. The summed E-state index contributed by atoms with van der Waals surface area (Å²) in [5, 5.41) is 16.3. The molecule has 0 aliphatic heterocycles. The van der Waals surface area contributed by atoms with Crippen LogP contribution >= 0.6 is 0 Å². The van der Waals surface area contributed by atoms with Crippen molar-refractivity contribution >= 4 is 32.4 Å². The monoisotopic (exact) mass is 398 g/mol. The minimum Gasteiger partial charge on any atom is -0.790 e. The van der Waals surface area contributed by atoms with E-state index in [2.05, 4.69) is 33.4 Å². The maximum Gasteiger partial charge on any atom is 0.0672 e. The molecular formula is C15H34O2SSn. The normalized spacial score (nSPS) is 11.7. The molecule has 19 heavy (non-hydrogen) atoms. The van der Waals surface area contributed by atoms with Gasteiger partial charge in [-0.3, -0.25) is 0 Å². The largest absolute Gasteiger partial charge is 0.790 e. The van der Waals surface area contributed by atoms with Gasteiger partial charge in [0.05, 0.1) is 12.7 Å². The van der Waals surface area contributed by atoms with Gasteiger partial charge in [0.15, 0.2) is 0 Å². The number of unbranched alkanes of at least 4 members (excludes halogenated alkanes) is 3. The third kappa shape index (κ3) is 19.1. The van der Waals surface area contributed by atoms with Gasteiger partial charge in [-0.2, -0.15) is 0 Å². The molecule has 0 aromatic carbocycles. The molecule has 0 saturated carbocycles. The molecule has 0 amide bonds. The van der Waals surface area contributed by atoms with E-state index in [1.54, 1.807) is 13.3 Å². The second-order valence-corrected chi connectivity index (χ2v) is 14.0. The van der Waals surface area contributed by atoms with Crippen molar-refractivity contribution in [2.24, 2.45) is 0 Å². The molecule has 4 heteroatoms. The van der Waals surface area contributed by atoms with Crippen LogP contribution in [0.2, 0.25) is 13.3 Å². The summed E-state index contributed by atoms with van der Waals surface area (Å²) in [4.78, 5) is 0. The molecule has 1 atom stereocenters. The predicted molar refractivity (Wildman–Crippen MR) is 90.2 cm³/mol. The molecule has 0 rings (SSSR count). The number of aliphatic hydroxyl groups excluding tert-OH is 2. The Morgan fingerprint density at radius 1 is 0.895 bits per heavy atom. The summed E-state index contributed by atoms with van der Waals surface area (Å²) >= 11 is 3.52. The quantitative estimate of drug-likeness (QED) is 0.412. The summed E-state index contributed by atoms with van der Waals surface area (Å²) < 4.78 is 5.04. The molecule has 1 unspecified atom stereocenters. The second kappa shape index (κ2) is 19.1. The van der Waals surface area contributed by atoms with Gasteiger partial charge in [0.1, 0.15) is 0 Å². The van der Waals surface area contributed by atoms with Crippen LogP contribution in [0, 0.1) is 0 Å². The van der Waals surface area contributed by atoms with Gasteiger partial charge >= 0.3 is 92.4 Å². The smallest absolute Gasteiger partial charge is 0.0672 e. The van der Waals surface area contributed by atoms with Crippen LogP contribution in [0.1, 0.15) is 59.3 Å². The van der Waals surface area contributed by atoms with Crippen molar-refractivity contribution in [1.82, 2.24) is 0 Å². The number of aliphatic hydroxyl groups is 2. The standard InChI is InChI=1S/3C4H9.C3H8O2S.Sn/c3*1-3-4-2;4-1-3(5)2-6;/h3*1,3-4H2,2H3;3-6H,1-2H2;/q;;;;+1/p-1. The van der Waals surface area contributed by atoms with Gasteiger partial charge in [-0.1, -0.05) is 0 Å². The Morgan fingerprint density at radius 2 is 1.26 bits per heavy atom. The zero-order chi connectivity index (χ0) is 14.9. The molecule has 0 bridgehead atoms. The van der Waals surface area contributed by atoms with Crippen LogP contribution in [0.3, 0.4) is 0 Å². The Balaban J connectivity index is 0. The first-order valence-corrected chi connectivity index (χ1v) is 14.5. The van der Waals surface area contributed by atoms with Gasteiger partial charge < -0.3 is 22.8 Å². The fourth-order valence-electron chi connectivity index (χ4n) is 1.71. The minimum atomic E-state index is -0.839. The van der Waals surface area contributed by atoms with Crippen molar-refractivity contribution < 1.29 is 10.2 Å². The van der Waals surface area contributed by atoms with E-state index in [1.165, 1.54) is 38.5 Å². The van der Waals surface area contributed by atoms with E-state index in [9.17, 15) is 0 Å². The summed E-state index contributed by atoms with van der Waals surface area (Å²) in [5.41, 5.74) is 0. The van der Waals surface area contributed by atoms with Crippen LogP contribution in [0.4, 0.5) is 0 Å². The fourth-order valence-corrected chi connectivity index (χ4v) is 11.3. The third-order valence-corrected chi connectivity index (χ3v) is 12.5.